The van der Waals surface area contributed by atoms with Crippen molar-refractivity contribution in [3.8, 4) is 0 Å². The van der Waals surface area contributed by atoms with Crippen molar-refractivity contribution in [2.45, 2.75) is 36.6 Å². The van der Waals surface area contributed by atoms with Crippen LogP contribution in [-0.4, -0.2) is 20.2 Å². The normalized spacial score (nSPS) is 25.0. The molecule has 100 valence electrons. The maximum Gasteiger partial charge on any atom is 0.178 e. The Balaban J connectivity index is 2.08. The van der Waals surface area contributed by atoms with Gasteiger partial charge in [-0.15, -0.1) is 0 Å². The van der Waals surface area contributed by atoms with E-state index < -0.39 is 9.84 Å². The van der Waals surface area contributed by atoms with Crippen LogP contribution in [0.1, 0.15) is 25.7 Å². The van der Waals surface area contributed by atoms with Gasteiger partial charge in [-0.3, -0.25) is 0 Å². The third-order valence-electron chi connectivity index (χ3n) is 3.50. The highest BCUT2D eigenvalue weighted by Gasteiger charge is 2.25. The lowest BCUT2D eigenvalue weighted by molar-refractivity contribution is 0.348. The van der Waals surface area contributed by atoms with E-state index in [1.54, 1.807) is 18.2 Å². The molecular formula is C13H18BrNO2S. The Kier molecular flexibility index (Phi) is 4.45. The molecule has 3 nitrogen and oxygen atoms in total. The van der Waals surface area contributed by atoms with Gasteiger partial charge in [0.05, 0.1) is 10.6 Å². The maximum atomic E-state index is 12.3. The Hall–Kier alpha value is -0.390. The number of rotatable bonds is 3. The van der Waals surface area contributed by atoms with Crippen LogP contribution in [0.4, 0.5) is 0 Å². The molecule has 0 atom stereocenters. The second-order valence-electron chi connectivity index (χ2n) is 5.02. The Labute approximate surface area is 117 Å². The summed E-state index contributed by atoms with van der Waals surface area (Å²) in [5.41, 5.74) is 5.84. The molecule has 0 radical (unpaired) electrons. The third kappa shape index (κ3) is 3.56. The first-order valence-corrected chi connectivity index (χ1v) is 8.66. The molecule has 2 N–H and O–H groups in total. The summed E-state index contributed by atoms with van der Waals surface area (Å²) >= 11 is 3.31. The summed E-state index contributed by atoms with van der Waals surface area (Å²) in [7, 11) is -3.17. The summed E-state index contributed by atoms with van der Waals surface area (Å²) in [6.45, 7) is 0. The van der Waals surface area contributed by atoms with Crippen LogP contribution >= 0.6 is 15.9 Å². The first-order chi connectivity index (χ1) is 8.47. The fraction of sp³-hybridized carbons (Fsp3) is 0.538. The van der Waals surface area contributed by atoms with E-state index in [0.29, 0.717) is 4.90 Å². The SMILES string of the molecule is NC1CCC(CS(=O)(=O)c2cccc(Br)c2)CC1. The zero-order chi connectivity index (χ0) is 13.2. The van der Waals surface area contributed by atoms with Gasteiger partial charge in [-0.25, -0.2) is 8.42 Å². The third-order valence-corrected chi connectivity index (χ3v) is 5.88. The van der Waals surface area contributed by atoms with Crippen molar-refractivity contribution in [1.82, 2.24) is 0 Å². The van der Waals surface area contributed by atoms with Crippen LogP contribution in [0.2, 0.25) is 0 Å². The lowest BCUT2D eigenvalue weighted by Crippen LogP contribution is -2.29. The lowest BCUT2D eigenvalue weighted by atomic mass is 9.88. The standard InChI is InChI=1S/C13H18BrNO2S/c14-11-2-1-3-13(8-11)18(16,17)9-10-4-6-12(15)7-5-10/h1-3,8,10,12H,4-7,9,15H2. The number of hydrogen-bond acceptors (Lipinski definition) is 3. The lowest BCUT2D eigenvalue weighted by Gasteiger charge is -2.25. The molecule has 0 aliphatic heterocycles. The average Bonchev–Trinajstić information content (AvgIpc) is 2.32. The van der Waals surface area contributed by atoms with E-state index >= 15 is 0 Å². The minimum Gasteiger partial charge on any atom is -0.328 e. The molecule has 1 aliphatic carbocycles. The Morgan fingerprint density at radius 2 is 1.89 bits per heavy atom. The first-order valence-electron chi connectivity index (χ1n) is 6.21. The minimum absolute atomic E-state index is 0.246. The van der Waals surface area contributed by atoms with Crippen molar-refractivity contribution >= 4 is 25.8 Å². The monoisotopic (exact) mass is 331 g/mol. The zero-order valence-corrected chi connectivity index (χ0v) is 12.6. The summed E-state index contributed by atoms with van der Waals surface area (Å²) in [5, 5.41) is 0. The molecule has 1 aromatic carbocycles. The summed E-state index contributed by atoms with van der Waals surface area (Å²) in [5.74, 6) is 0.504. The first kappa shape index (κ1) is 14.0. The van der Waals surface area contributed by atoms with Gasteiger partial charge in [-0.05, 0) is 49.8 Å². The van der Waals surface area contributed by atoms with E-state index in [1.165, 1.54) is 0 Å². The van der Waals surface area contributed by atoms with Gasteiger partial charge >= 0.3 is 0 Å². The highest BCUT2D eigenvalue weighted by molar-refractivity contribution is 9.10. The van der Waals surface area contributed by atoms with Crippen molar-refractivity contribution in [2.75, 3.05) is 5.75 Å². The molecule has 2 rings (SSSR count). The van der Waals surface area contributed by atoms with Gasteiger partial charge in [0.2, 0.25) is 0 Å². The van der Waals surface area contributed by atoms with Crippen LogP contribution in [0.3, 0.4) is 0 Å². The predicted molar refractivity (Wildman–Crippen MR) is 76.1 cm³/mol. The predicted octanol–water partition coefficient (Wildman–Crippen LogP) is 2.74. The van der Waals surface area contributed by atoms with E-state index in [-0.39, 0.29) is 17.7 Å². The smallest absolute Gasteiger partial charge is 0.178 e. The van der Waals surface area contributed by atoms with Crippen LogP contribution in [-0.2, 0) is 9.84 Å². The average molecular weight is 332 g/mol. The second-order valence-corrected chi connectivity index (χ2v) is 7.97. The molecule has 1 aliphatic rings. The van der Waals surface area contributed by atoms with Crippen LogP contribution in [0.15, 0.2) is 33.6 Å². The topological polar surface area (TPSA) is 60.2 Å². The van der Waals surface area contributed by atoms with Gasteiger partial charge in [0.25, 0.3) is 0 Å². The van der Waals surface area contributed by atoms with Crippen molar-refractivity contribution < 1.29 is 8.42 Å². The largest absolute Gasteiger partial charge is 0.328 e. The number of halogens is 1. The highest BCUT2D eigenvalue weighted by Crippen LogP contribution is 2.27. The fourth-order valence-corrected chi connectivity index (χ4v) is 4.71. The molecule has 0 spiro atoms. The molecule has 0 unspecified atom stereocenters. The quantitative estimate of drug-likeness (QED) is 0.926. The van der Waals surface area contributed by atoms with Gasteiger partial charge in [0.1, 0.15) is 0 Å². The number of sulfone groups is 1. The van der Waals surface area contributed by atoms with Crippen molar-refractivity contribution in [1.29, 1.82) is 0 Å². The fourth-order valence-electron chi connectivity index (χ4n) is 2.42. The molecule has 1 aromatic rings. The van der Waals surface area contributed by atoms with E-state index in [9.17, 15) is 8.42 Å². The van der Waals surface area contributed by atoms with E-state index in [4.69, 9.17) is 5.73 Å². The zero-order valence-electron chi connectivity index (χ0n) is 10.2. The minimum atomic E-state index is -3.17. The van der Waals surface area contributed by atoms with Crippen molar-refractivity contribution in [2.24, 2.45) is 11.7 Å². The van der Waals surface area contributed by atoms with Crippen LogP contribution in [0.5, 0.6) is 0 Å². The van der Waals surface area contributed by atoms with Gasteiger partial charge in [0.15, 0.2) is 9.84 Å². The second kappa shape index (κ2) is 5.72. The molecule has 1 saturated carbocycles. The van der Waals surface area contributed by atoms with Crippen LogP contribution in [0.25, 0.3) is 0 Å². The summed E-state index contributed by atoms with van der Waals surface area (Å²) in [6, 6.07) is 7.18. The van der Waals surface area contributed by atoms with Crippen molar-refractivity contribution in [3.63, 3.8) is 0 Å². The Morgan fingerprint density at radius 3 is 2.50 bits per heavy atom. The number of hydrogen-bond donors (Lipinski definition) is 1. The van der Waals surface area contributed by atoms with Gasteiger partial charge < -0.3 is 5.73 Å². The summed E-state index contributed by atoms with van der Waals surface area (Å²) in [6.07, 6.45) is 3.74. The molecule has 5 heteroatoms. The maximum absolute atomic E-state index is 12.3. The van der Waals surface area contributed by atoms with Gasteiger partial charge in [0, 0.05) is 10.5 Å². The van der Waals surface area contributed by atoms with Gasteiger partial charge in [-0.2, -0.15) is 0 Å². The van der Waals surface area contributed by atoms with E-state index in [0.717, 1.165) is 30.2 Å². The van der Waals surface area contributed by atoms with Crippen LogP contribution < -0.4 is 5.73 Å². The molecule has 0 bridgehead atoms. The van der Waals surface area contributed by atoms with Crippen LogP contribution in [0, 0.1) is 5.92 Å². The molecule has 0 aromatic heterocycles. The molecule has 18 heavy (non-hydrogen) atoms. The molecular weight excluding hydrogens is 314 g/mol. The molecule has 0 saturated heterocycles. The van der Waals surface area contributed by atoms with E-state index in [2.05, 4.69) is 15.9 Å². The Bertz CT molecular complexity index is 507. The van der Waals surface area contributed by atoms with E-state index in [1.807, 2.05) is 6.07 Å². The Morgan fingerprint density at radius 1 is 1.22 bits per heavy atom. The van der Waals surface area contributed by atoms with Crippen molar-refractivity contribution in [3.05, 3.63) is 28.7 Å². The number of benzene rings is 1. The molecule has 0 heterocycles. The highest BCUT2D eigenvalue weighted by atomic mass is 79.9. The summed E-state index contributed by atoms with van der Waals surface area (Å²) < 4.78 is 25.4. The molecule has 1 fully saturated rings. The molecule has 0 amide bonds. The number of nitrogens with two attached hydrogens (primary N) is 1. The van der Waals surface area contributed by atoms with Gasteiger partial charge in [-0.1, -0.05) is 22.0 Å². The summed E-state index contributed by atoms with van der Waals surface area (Å²) in [4.78, 5) is 0.409.